The van der Waals surface area contributed by atoms with Crippen LogP contribution in [0.2, 0.25) is 15.1 Å². The standard InChI is InChI=1S/C15H13Cl3FNO/c1-8(11-4-3-10(21-2)7-14(11)19)20-15-12(17)5-9(16)6-13(15)18/h3-8,20H,1-2H3. The van der Waals surface area contributed by atoms with E-state index in [1.165, 1.54) is 13.2 Å². The van der Waals surface area contributed by atoms with Crippen LogP contribution >= 0.6 is 34.8 Å². The van der Waals surface area contributed by atoms with Gasteiger partial charge >= 0.3 is 0 Å². The molecule has 6 heteroatoms. The first-order valence-electron chi connectivity index (χ1n) is 6.17. The molecule has 0 bridgehead atoms. The maximum atomic E-state index is 14.0. The minimum absolute atomic E-state index is 0.327. The van der Waals surface area contributed by atoms with E-state index < -0.39 is 0 Å². The van der Waals surface area contributed by atoms with Gasteiger partial charge < -0.3 is 10.1 Å². The molecule has 0 spiro atoms. The summed E-state index contributed by atoms with van der Waals surface area (Å²) in [6.45, 7) is 1.81. The molecule has 0 saturated carbocycles. The Hall–Kier alpha value is -1.16. The highest BCUT2D eigenvalue weighted by atomic mass is 35.5. The molecule has 0 amide bonds. The van der Waals surface area contributed by atoms with Crippen LogP contribution in [-0.2, 0) is 0 Å². The maximum absolute atomic E-state index is 14.0. The second kappa shape index (κ2) is 6.73. The van der Waals surface area contributed by atoms with Gasteiger partial charge in [-0.25, -0.2) is 4.39 Å². The summed E-state index contributed by atoms with van der Waals surface area (Å²) < 4.78 is 19.0. The number of ether oxygens (including phenoxy) is 1. The number of methoxy groups -OCH3 is 1. The number of nitrogens with one attached hydrogen (secondary N) is 1. The quantitative estimate of drug-likeness (QED) is 0.735. The molecule has 1 unspecified atom stereocenters. The van der Waals surface area contributed by atoms with Crippen molar-refractivity contribution in [3.05, 3.63) is 56.8 Å². The average Bonchev–Trinajstić information content (AvgIpc) is 2.42. The van der Waals surface area contributed by atoms with Gasteiger partial charge in [0.15, 0.2) is 0 Å². The largest absolute Gasteiger partial charge is 0.497 e. The molecule has 1 atom stereocenters. The van der Waals surface area contributed by atoms with E-state index in [9.17, 15) is 4.39 Å². The second-order valence-corrected chi connectivity index (χ2v) is 5.75. The lowest BCUT2D eigenvalue weighted by Gasteiger charge is -2.19. The van der Waals surface area contributed by atoms with Crippen LogP contribution in [0.4, 0.5) is 10.1 Å². The number of rotatable bonds is 4. The predicted octanol–water partition coefficient (Wildman–Crippen LogP) is 5.97. The number of anilines is 1. The van der Waals surface area contributed by atoms with Crippen LogP contribution in [0.25, 0.3) is 0 Å². The fraction of sp³-hybridized carbons (Fsp3) is 0.200. The van der Waals surface area contributed by atoms with Crippen molar-refractivity contribution in [3.63, 3.8) is 0 Å². The molecule has 0 fully saturated rings. The Balaban J connectivity index is 2.28. The lowest BCUT2D eigenvalue weighted by molar-refractivity contribution is 0.410. The fourth-order valence-corrected chi connectivity index (χ4v) is 2.89. The summed E-state index contributed by atoms with van der Waals surface area (Å²) in [4.78, 5) is 0. The first-order chi connectivity index (χ1) is 9.92. The number of hydrogen-bond acceptors (Lipinski definition) is 2. The van der Waals surface area contributed by atoms with Gasteiger partial charge in [-0.2, -0.15) is 0 Å². The van der Waals surface area contributed by atoms with Gasteiger partial charge in [-0.05, 0) is 25.1 Å². The highest BCUT2D eigenvalue weighted by Crippen LogP contribution is 2.36. The minimum Gasteiger partial charge on any atom is -0.497 e. The van der Waals surface area contributed by atoms with Crippen LogP contribution in [0.3, 0.4) is 0 Å². The molecule has 0 saturated heterocycles. The maximum Gasteiger partial charge on any atom is 0.132 e. The summed E-state index contributed by atoms with van der Waals surface area (Å²) in [5, 5.41) is 4.31. The minimum atomic E-state index is -0.365. The second-order valence-electron chi connectivity index (χ2n) is 4.50. The average molecular weight is 349 g/mol. The zero-order valence-corrected chi connectivity index (χ0v) is 13.7. The van der Waals surface area contributed by atoms with Crippen molar-refractivity contribution in [2.24, 2.45) is 0 Å². The van der Waals surface area contributed by atoms with Crippen LogP contribution in [-0.4, -0.2) is 7.11 Å². The van der Waals surface area contributed by atoms with E-state index in [-0.39, 0.29) is 11.9 Å². The van der Waals surface area contributed by atoms with Gasteiger partial charge in [0.05, 0.1) is 28.9 Å². The third-order valence-electron chi connectivity index (χ3n) is 3.04. The molecule has 2 rings (SSSR count). The van der Waals surface area contributed by atoms with Crippen LogP contribution < -0.4 is 10.1 Å². The van der Waals surface area contributed by atoms with Gasteiger partial charge in [-0.3, -0.25) is 0 Å². The first-order valence-corrected chi connectivity index (χ1v) is 7.30. The molecule has 0 radical (unpaired) electrons. The Labute approximate surface area is 137 Å². The zero-order valence-electron chi connectivity index (χ0n) is 11.4. The molecule has 112 valence electrons. The van der Waals surface area contributed by atoms with E-state index in [2.05, 4.69) is 5.32 Å². The summed E-state index contributed by atoms with van der Waals surface area (Å²) in [6, 6.07) is 7.51. The van der Waals surface area contributed by atoms with E-state index in [0.717, 1.165) is 0 Å². The Morgan fingerprint density at radius 3 is 2.24 bits per heavy atom. The van der Waals surface area contributed by atoms with Crippen molar-refractivity contribution in [1.82, 2.24) is 0 Å². The third kappa shape index (κ3) is 3.73. The van der Waals surface area contributed by atoms with Crippen LogP contribution in [0.15, 0.2) is 30.3 Å². The van der Waals surface area contributed by atoms with Gasteiger partial charge in [0, 0.05) is 16.7 Å². The Bertz CT molecular complexity index is 640. The summed E-state index contributed by atoms with van der Waals surface area (Å²) in [7, 11) is 1.49. The van der Waals surface area contributed by atoms with E-state index in [1.54, 1.807) is 24.3 Å². The number of hydrogen-bond donors (Lipinski definition) is 1. The summed E-state index contributed by atoms with van der Waals surface area (Å²) in [5.41, 5.74) is 1.00. The molecule has 2 nitrogen and oxygen atoms in total. The van der Waals surface area contributed by atoms with Gasteiger partial charge in [0.1, 0.15) is 11.6 Å². The smallest absolute Gasteiger partial charge is 0.132 e. The molecule has 0 aliphatic carbocycles. The molecule has 1 N–H and O–H groups in total. The van der Waals surface area contributed by atoms with E-state index in [0.29, 0.717) is 32.1 Å². The topological polar surface area (TPSA) is 21.3 Å². The summed E-state index contributed by atoms with van der Waals surface area (Å²) in [6.07, 6.45) is 0. The Morgan fingerprint density at radius 2 is 1.71 bits per heavy atom. The van der Waals surface area contributed by atoms with Gasteiger partial charge in [-0.1, -0.05) is 40.9 Å². The molecule has 0 aliphatic rings. The van der Waals surface area contributed by atoms with E-state index >= 15 is 0 Å². The summed E-state index contributed by atoms with van der Waals surface area (Å²) >= 11 is 18.1. The lowest BCUT2D eigenvalue weighted by atomic mass is 10.1. The third-order valence-corrected chi connectivity index (χ3v) is 3.86. The van der Waals surface area contributed by atoms with Crippen molar-refractivity contribution in [3.8, 4) is 5.75 Å². The normalized spacial score (nSPS) is 12.1. The van der Waals surface area contributed by atoms with Gasteiger partial charge in [0.25, 0.3) is 0 Å². The van der Waals surface area contributed by atoms with Crippen molar-refractivity contribution >= 4 is 40.5 Å². The Morgan fingerprint density at radius 1 is 1.10 bits per heavy atom. The van der Waals surface area contributed by atoms with Crippen molar-refractivity contribution in [1.29, 1.82) is 0 Å². The highest BCUT2D eigenvalue weighted by Gasteiger charge is 2.15. The predicted molar refractivity (Wildman–Crippen MR) is 86.5 cm³/mol. The van der Waals surface area contributed by atoms with Crippen LogP contribution in [0.5, 0.6) is 5.75 Å². The molecule has 0 aliphatic heterocycles. The number of halogens is 4. The van der Waals surface area contributed by atoms with E-state index in [1.807, 2.05) is 6.92 Å². The monoisotopic (exact) mass is 347 g/mol. The fourth-order valence-electron chi connectivity index (χ4n) is 1.96. The molecule has 2 aromatic rings. The molecule has 21 heavy (non-hydrogen) atoms. The molecule has 0 heterocycles. The van der Waals surface area contributed by atoms with Gasteiger partial charge in [-0.15, -0.1) is 0 Å². The molecular weight excluding hydrogens is 336 g/mol. The van der Waals surface area contributed by atoms with Gasteiger partial charge in [0.2, 0.25) is 0 Å². The number of benzene rings is 2. The van der Waals surface area contributed by atoms with Crippen molar-refractivity contribution in [2.75, 3.05) is 12.4 Å². The van der Waals surface area contributed by atoms with Crippen molar-refractivity contribution in [2.45, 2.75) is 13.0 Å². The molecule has 0 aromatic heterocycles. The van der Waals surface area contributed by atoms with Crippen molar-refractivity contribution < 1.29 is 9.13 Å². The lowest BCUT2D eigenvalue weighted by Crippen LogP contribution is -2.09. The molecular formula is C15H13Cl3FNO. The van der Waals surface area contributed by atoms with Crippen LogP contribution in [0, 0.1) is 5.82 Å². The molecule has 2 aromatic carbocycles. The SMILES string of the molecule is COc1ccc(C(C)Nc2c(Cl)cc(Cl)cc2Cl)c(F)c1. The highest BCUT2D eigenvalue weighted by molar-refractivity contribution is 6.41. The first kappa shape index (κ1) is 16.2. The Kier molecular flexibility index (Phi) is 5.20. The zero-order chi connectivity index (χ0) is 15.6. The van der Waals surface area contributed by atoms with Crippen LogP contribution in [0.1, 0.15) is 18.5 Å². The summed E-state index contributed by atoms with van der Waals surface area (Å²) in [5.74, 6) is 0.0987. The van der Waals surface area contributed by atoms with E-state index in [4.69, 9.17) is 39.5 Å².